The summed E-state index contributed by atoms with van der Waals surface area (Å²) in [5.41, 5.74) is 1.30. The molecule has 84 valence electrons. The average Bonchev–Trinajstić information content (AvgIpc) is 2.25. The lowest BCUT2D eigenvalue weighted by Gasteiger charge is -2.11. The number of ether oxygens (including phenoxy) is 1. The second kappa shape index (κ2) is 6.03. The highest BCUT2D eigenvalue weighted by Crippen LogP contribution is 2.31. The van der Waals surface area contributed by atoms with Crippen LogP contribution in [0.4, 0.5) is 0 Å². The molecule has 1 aromatic carbocycles. The van der Waals surface area contributed by atoms with Gasteiger partial charge in [0.15, 0.2) is 0 Å². The lowest BCUT2D eigenvalue weighted by Crippen LogP contribution is -1.93. The van der Waals surface area contributed by atoms with E-state index in [9.17, 15) is 0 Å². The SMILES string of the molecule is COc1ccc(C(C)C)cc1SCCO. The van der Waals surface area contributed by atoms with Gasteiger partial charge >= 0.3 is 0 Å². The van der Waals surface area contributed by atoms with Gasteiger partial charge in [-0.3, -0.25) is 0 Å². The summed E-state index contributed by atoms with van der Waals surface area (Å²) in [5, 5.41) is 8.81. The molecule has 0 aliphatic carbocycles. The molecule has 2 nitrogen and oxygen atoms in total. The van der Waals surface area contributed by atoms with Gasteiger partial charge in [-0.15, -0.1) is 11.8 Å². The van der Waals surface area contributed by atoms with Crippen LogP contribution in [0.15, 0.2) is 23.1 Å². The predicted octanol–water partition coefficient (Wildman–Crippen LogP) is 2.90. The van der Waals surface area contributed by atoms with Crippen LogP contribution in [-0.2, 0) is 0 Å². The summed E-state index contributed by atoms with van der Waals surface area (Å²) in [6.07, 6.45) is 0. The smallest absolute Gasteiger partial charge is 0.132 e. The fraction of sp³-hybridized carbons (Fsp3) is 0.500. The van der Waals surface area contributed by atoms with Gasteiger partial charge in [-0.1, -0.05) is 19.9 Å². The summed E-state index contributed by atoms with van der Waals surface area (Å²) in [6.45, 7) is 4.53. The van der Waals surface area contributed by atoms with Crippen LogP contribution in [0.5, 0.6) is 5.75 Å². The highest BCUT2D eigenvalue weighted by molar-refractivity contribution is 7.99. The fourth-order valence-corrected chi connectivity index (χ4v) is 2.15. The lowest BCUT2D eigenvalue weighted by molar-refractivity contribution is 0.322. The first-order valence-electron chi connectivity index (χ1n) is 5.10. The number of thioether (sulfide) groups is 1. The number of benzene rings is 1. The molecule has 1 rings (SSSR count). The zero-order chi connectivity index (χ0) is 11.3. The first-order valence-corrected chi connectivity index (χ1v) is 6.09. The minimum atomic E-state index is 0.194. The van der Waals surface area contributed by atoms with Gasteiger partial charge in [-0.2, -0.15) is 0 Å². The van der Waals surface area contributed by atoms with E-state index in [-0.39, 0.29) is 6.61 Å². The Hall–Kier alpha value is -0.670. The second-order valence-electron chi connectivity index (χ2n) is 3.64. The number of aliphatic hydroxyl groups excluding tert-OH is 1. The number of rotatable bonds is 5. The molecule has 0 aliphatic heterocycles. The highest BCUT2D eigenvalue weighted by atomic mass is 32.2. The van der Waals surface area contributed by atoms with Gasteiger partial charge in [0.05, 0.1) is 13.7 Å². The summed E-state index contributed by atoms with van der Waals surface area (Å²) in [7, 11) is 1.67. The van der Waals surface area contributed by atoms with Crippen molar-refractivity contribution in [1.82, 2.24) is 0 Å². The van der Waals surface area contributed by atoms with Crippen molar-refractivity contribution in [2.24, 2.45) is 0 Å². The third-order valence-corrected chi connectivity index (χ3v) is 3.22. The normalized spacial score (nSPS) is 10.7. The molecule has 1 aromatic rings. The van der Waals surface area contributed by atoms with E-state index < -0.39 is 0 Å². The minimum absolute atomic E-state index is 0.194. The third kappa shape index (κ3) is 3.43. The van der Waals surface area contributed by atoms with E-state index in [4.69, 9.17) is 9.84 Å². The number of hydrogen-bond acceptors (Lipinski definition) is 3. The first kappa shape index (κ1) is 12.4. The predicted molar refractivity (Wildman–Crippen MR) is 64.9 cm³/mol. The van der Waals surface area contributed by atoms with E-state index in [1.165, 1.54) is 5.56 Å². The van der Waals surface area contributed by atoms with Gasteiger partial charge in [0.2, 0.25) is 0 Å². The van der Waals surface area contributed by atoms with Crippen molar-refractivity contribution in [2.45, 2.75) is 24.7 Å². The minimum Gasteiger partial charge on any atom is -0.496 e. The van der Waals surface area contributed by atoms with Gasteiger partial charge in [0.25, 0.3) is 0 Å². The van der Waals surface area contributed by atoms with Crippen LogP contribution in [0.3, 0.4) is 0 Å². The van der Waals surface area contributed by atoms with Crippen LogP contribution in [0, 0.1) is 0 Å². The van der Waals surface area contributed by atoms with Crippen LogP contribution in [0.2, 0.25) is 0 Å². The molecule has 0 amide bonds. The molecule has 0 atom stereocenters. The van der Waals surface area contributed by atoms with Crippen molar-refractivity contribution < 1.29 is 9.84 Å². The molecule has 15 heavy (non-hydrogen) atoms. The van der Waals surface area contributed by atoms with Gasteiger partial charge in [-0.25, -0.2) is 0 Å². The zero-order valence-electron chi connectivity index (χ0n) is 9.49. The monoisotopic (exact) mass is 226 g/mol. The molecule has 0 aromatic heterocycles. The maximum Gasteiger partial charge on any atom is 0.132 e. The van der Waals surface area contributed by atoms with Gasteiger partial charge < -0.3 is 9.84 Å². The van der Waals surface area contributed by atoms with Crippen LogP contribution in [-0.4, -0.2) is 24.6 Å². The molecule has 1 N–H and O–H groups in total. The van der Waals surface area contributed by atoms with Crippen LogP contribution in [0.25, 0.3) is 0 Å². The molecule has 0 heterocycles. The Kier molecular flexibility index (Phi) is 4.99. The maximum atomic E-state index is 8.81. The number of aliphatic hydroxyl groups is 1. The van der Waals surface area contributed by atoms with Crippen molar-refractivity contribution in [3.05, 3.63) is 23.8 Å². The largest absolute Gasteiger partial charge is 0.496 e. The van der Waals surface area contributed by atoms with E-state index in [0.29, 0.717) is 11.7 Å². The fourth-order valence-electron chi connectivity index (χ4n) is 1.32. The summed E-state index contributed by atoms with van der Waals surface area (Å²) >= 11 is 1.63. The molecule has 0 spiro atoms. The average molecular weight is 226 g/mol. The van der Waals surface area contributed by atoms with E-state index in [1.807, 2.05) is 6.07 Å². The van der Waals surface area contributed by atoms with Crippen molar-refractivity contribution in [1.29, 1.82) is 0 Å². The Morgan fingerprint density at radius 3 is 2.67 bits per heavy atom. The topological polar surface area (TPSA) is 29.5 Å². The molecule has 0 saturated carbocycles. The van der Waals surface area contributed by atoms with Crippen LogP contribution >= 0.6 is 11.8 Å². The molecule has 0 bridgehead atoms. The van der Waals surface area contributed by atoms with E-state index >= 15 is 0 Å². The maximum absolute atomic E-state index is 8.81. The van der Waals surface area contributed by atoms with Crippen molar-refractivity contribution in [3.8, 4) is 5.75 Å². The molecular weight excluding hydrogens is 208 g/mol. The number of hydrogen-bond donors (Lipinski definition) is 1. The van der Waals surface area contributed by atoms with Gasteiger partial charge in [0, 0.05) is 10.6 Å². The highest BCUT2D eigenvalue weighted by Gasteiger charge is 2.06. The van der Waals surface area contributed by atoms with Crippen molar-refractivity contribution in [2.75, 3.05) is 19.5 Å². The number of methoxy groups -OCH3 is 1. The van der Waals surface area contributed by atoms with Gasteiger partial charge in [0.1, 0.15) is 5.75 Å². The molecule has 0 unspecified atom stereocenters. The van der Waals surface area contributed by atoms with Crippen LogP contribution < -0.4 is 4.74 Å². The lowest BCUT2D eigenvalue weighted by atomic mass is 10.0. The molecule has 0 aliphatic rings. The standard InChI is InChI=1S/C12H18O2S/c1-9(2)10-4-5-11(14-3)12(8-10)15-7-6-13/h4-5,8-9,13H,6-7H2,1-3H3. The summed E-state index contributed by atoms with van der Waals surface area (Å²) in [4.78, 5) is 1.11. The Morgan fingerprint density at radius 2 is 2.13 bits per heavy atom. The molecule has 0 fully saturated rings. The van der Waals surface area contributed by atoms with Crippen molar-refractivity contribution in [3.63, 3.8) is 0 Å². The zero-order valence-corrected chi connectivity index (χ0v) is 10.3. The Bertz CT molecular complexity index is 310. The van der Waals surface area contributed by atoms with Crippen molar-refractivity contribution >= 4 is 11.8 Å². The second-order valence-corrected chi connectivity index (χ2v) is 4.77. The Balaban J connectivity index is 2.91. The molecule has 3 heteroatoms. The van der Waals surface area contributed by atoms with E-state index in [0.717, 1.165) is 10.6 Å². The van der Waals surface area contributed by atoms with E-state index in [2.05, 4.69) is 26.0 Å². The third-order valence-electron chi connectivity index (χ3n) is 2.20. The first-order chi connectivity index (χ1) is 7.19. The van der Waals surface area contributed by atoms with E-state index in [1.54, 1.807) is 18.9 Å². The van der Waals surface area contributed by atoms with Gasteiger partial charge in [-0.05, 0) is 23.6 Å². The summed E-state index contributed by atoms with van der Waals surface area (Å²) < 4.78 is 5.27. The summed E-state index contributed by atoms with van der Waals surface area (Å²) in [5.74, 6) is 2.11. The Morgan fingerprint density at radius 1 is 1.40 bits per heavy atom. The quantitative estimate of drug-likeness (QED) is 0.783. The Labute approximate surface area is 95.7 Å². The molecule has 0 radical (unpaired) electrons. The molecular formula is C12H18O2S. The molecule has 0 saturated heterocycles. The van der Waals surface area contributed by atoms with Crippen LogP contribution in [0.1, 0.15) is 25.3 Å². The summed E-state index contributed by atoms with van der Waals surface area (Å²) in [6, 6.07) is 6.23.